The fourth-order valence-electron chi connectivity index (χ4n) is 2.52. The van der Waals surface area contributed by atoms with Crippen LogP contribution in [0.25, 0.3) is 5.69 Å². The first-order valence-electron chi connectivity index (χ1n) is 8.19. The molecule has 128 valence electrons. The highest BCUT2D eigenvalue weighted by Gasteiger charge is 2.13. The van der Waals surface area contributed by atoms with Crippen molar-refractivity contribution in [2.75, 3.05) is 25.0 Å². The molecule has 0 spiro atoms. The van der Waals surface area contributed by atoms with E-state index in [4.69, 9.17) is 0 Å². The first-order chi connectivity index (χ1) is 11.4. The summed E-state index contributed by atoms with van der Waals surface area (Å²) in [7, 11) is 0. The number of carbonyl (C=O) groups excluding carboxylic acids is 1. The van der Waals surface area contributed by atoms with E-state index in [-0.39, 0.29) is 5.91 Å². The molecule has 2 aromatic rings. The van der Waals surface area contributed by atoms with Crippen LogP contribution in [0.4, 0.5) is 5.82 Å². The number of anilines is 1. The molecule has 0 fully saturated rings. The lowest BCUT2D eigenvalue weighted by Crippen LogP contribution is -2.34. The molecule has 5 heteroatoms. The van der Waals surface area contributed by atoms with Crippen molar-refractivity contribution in [1.82, 2.24) is 14.7 Å². The monoisotopic (exact) mass is 326 g/mol. The molecule has 1 amide bonds. The lowest BCUT2D eigenvalue weighted by atomic mass is 10.2. The number of aryl methyl sites for hydroxylation is 2. The quantitative estimate of drug-likeness (QED) is 0.794. The number of carbonyl (C=O) groups is 1. The molecule has 1 N–H and O–H groups in total. The Hall–Kier alpha value is -2.40. The van der Waals surface area contributed by atoms with Crippen molar-refractivity contribution < 1.29 is 4.79 Å². The molecule has 0 unspecified atom stereocenters. The Kier molecular flexibility index (Phi) is 5.93. The van der Waals surface area contributed by atoms with Gasteiger partial charge in [-0.2, -0.15) is 5.10 Å². The second kappa shape index (κ2) is 7.93. The van der Waals surface area contributed by atoms with Crippen molar-refractivity contribution in [3.05, 3.63) is 53.7 Å². The van der Waals surface area contributed by atoms with Gasteiger partial charge in [-0.15, -0.1) is 0 Å². The first kappa shape index (κ1) is 17.9. The lowest BCUT2D eigenvalue weighted by molar-refractivity contribution is -0.117. The number of nitrogens with zero attached hydrogens (tertiary/aromatic N) is 3. The number of benzene rings is 1. The molecule has 0 saturated heterocycles. The van der Waals surface area contributed by atoms with E-state index in [1.165, 1.54) is 5.56 Å². The topological polar surface area (TPSA) is 50.2 Å². The minimum Gasteiger partial charge on any atom is -0.309 e. The summed E-state index contributed by atoms with van der Waals surface area (Å²) in [6, 6.07) is 9.94. The van der Waals surface area contributed by atoms with Crippen molar-refractivity contribution in [2.45, 2.75) is 27.7 Å². The van der Waals surface area contributed by atoms with Gasteiger partial charge in [-0.25, -0.2) is 4.68 Å². The molecule has 1 heterocycles. The van der Waals surface area contributed by atoms with Crippen molar-refractivity contribution >= 4 is 11.7 Å². The van der Waals surface area contributed by atoms with Gasteiger partial charge in [-0.1, -0.05) is 36.8 Å². The number of rotatable bonds is 7. The average Bonchev–Trinajstić information content (AvgIpc) is 2.87. The predicted molar refractivity (Wildman–Crippen MR) is 98.6 cm³/mol. The standard InChI is InChI=1S/C19H26N4O/c1-6-22(12-14(2)3)13-19(24)20-18-11-16(5)21-23(18)17-9-7-15(4)8-10-17/h7-11H,2,6,12-13H2,1,3-5H3,(H,20,24). The summed E-state index contributed by atoms with van der Waals surface area (Å²) in [5, 5.41) is 7.46. The highest BCUT2D eigenvalue weighted by atomic mass is 16.2. The van der Waals surface area contributed by atoms with Crippen molar-refractivity contribution in [3.8, 4) is 5.69 Å². The van der Waals surface area contributed by atoms with E-state index in [1.807, 2.05) is 58.0 Å². The van der Waals surface area contributed by atoms with Gasteiger partial charge in [0.05, 0.1) is 17.9 Å². The molecule has 0 radical (unpaired) electrons. The van der Waals surface area contributed by atoms with E-state index in [2.05, 4.69) is 21.9 Å². The van der Waals surface area contributed by atoms with Crippen LogP contribution >= 0.6 is 0 Å². The molecule has 1 aromatic carbocycles. The van der Waals surface area contributed by atoms with Crippen molar-refractivity contribution in [3.63, 3.8) is 0 Å². The van der Waals surface area contributed by atoms with Crippen LogP contribution in [0.5, 0.6) is 0 Å². The van der Waals surface area contributed by atoms with Gasteiger partial charge in [-0.3, -0.25) is 9.69 Å². The second-order valence-electron chi connectivity index (χ2n) is 6.23. The highest BCUT2D eigenvalue weighted by Crippen LogP contribution is 2.17. The molecular weight excluding hydrogens is 300 g/mol. The van der Waals surface area contributed by atoms with Crippen LogP contribution in [0.3, 0.4) is 0 Å². The summed E-state index contributed by atoms with van der Waals surface area (Å²) >= 11 is 0. The van der Waals surface area contributed by atoms with E-state index >= 15 is 0 Å². The zero-order chi connectivity index (χ0) is 17.7. The number of hydrogen-bond acceptors (Lipinski definition) is 3. The molecule has 0 saturated carbocycles. The van der Waals surface area contributed by atoms with Crippen LogP contribution in [0, 0.1) is 13.8 Å². The Bertz CT molecular complexity index is 715. The third-order valence-corrected chi connectivity index (χ3v) is 3.69. The highest BCUT2D eigenvalue weighted by molar-refractivity contribution is 5.91. The van der Waals surface area contributed by atoms with Gasteiger partial charge in [0, 0.05) is 12.6 Å². The molecule has 0 atom stereocenters. The normalized spacial score (nSPS) is 10.9. The molecule has 0 aliphatic carbocycles. The zero-order valence-corrected chi connectivity index (χ0v) is 15.0. The maximum atomic E-state index is 12.4. The fraction of sp³-hybridized carbons (Fsp3) is 0.368. The van der Waals surface area contributed by atoms with E-state index in [0.29, 0.717) is 12.4 Å². The second-order valence-corrected chi connectivity index (χ2v) is 6.23. The largest absolute Gasteiger partial charge is 0.309 e. The summed E-state index contributed by atoms with van der Waals surface area (Å²) in [5.41, 5.74) is 4.02. The predicted octanol–water partition coefficient (Wildman–Crippen LogP) is 3.33. The Morgan fingerprint density at radius 3 is 2.50 bits per heavy atom. The molecule has 24 heavy (non-hydrogen) atoms. The Morgan fingerprint density at radius 1 is 1.25 bits per heavy atom. The summed E-state index contributed by atoms with van der Waals surface area (Å²) in [5.74, 6) is 0.638. The maximum Gasteiger partial charge on any atom is 0.239 e. The van der Waals surface area contributed by atoms with Gasteiger partial charge in [0.2, 0.25) is 5.91 Å². The molecular formula is C19H26N4O. The van der Waals surface area contributed by atoms with Crippen molar-refractivity contribution in [1.29, 1.82) is 0 Å². The van der Waals surface area contributed by atoms with Gasteiger partial charge in [-0.05, 0) is 39.4 Å². The molecule has 0 aliphatic rings. The average molecular weight is 326 g/mol. The van der Waals surface area contributed by atoms with E-state index in [0.717, 1.165) is 30.0 Å². The van der Waals surface area contributed by atoms with E-state index in [9.17, 15) is 4.79 Å². The Labute approximate surface area is 144 Å². The van der Waals surface area contributed by atoms with E-state index < -0.39 is 0 Å². The molecule has 2 rings (SSSR count). The van der Waals surface area contributed by atoms with Gasteiger partial charge in [0.15, 0.2) is 0 Å². The van der Waals surface area contributed by atoms with Crippen LogP contribution in [0.15, 0.2) is 42.5 Å². The molecule has 0 bridgehead atoms. The minimum atomic E-state index is -0.0497. The van der Waals surface area contributed by atoms with Gasteiger partial charge in [0.1, 0.15) is 5.82 Å². The van der Waals surface area contributed by atoms with Crippen LogP contribution in [-0.2, 0) is 4.79 Å². The van der Waals surface area contributed by atoms with E-state index in [1.54, 1.807) is 4.68 Å². The third kappa shape index (κ3) is 4.80. The zero-order valence-electron chi connectivity index (χ0n) is 15.0. The number of aromatic nitrogens is 2. The van der Waals surface area contributed by atoms with Crippen molar-refractivity contribution in [2.24, 2.45) is 0 Å². The van der Waals surface area contributed by atoms with Gasteiger partial charge < -0.3 is 5.32 Å². The number of amides is 1. The first-order valence-corrected chi connectivity index (χ1v) is 8.19. The summed E-state index contributed by atoms with van der Waals surface area (Å²) in [6.07, 6.45) is 0. The van der Waals surface area contributed by atoms with Gasteiger partial charge in [0.25, 0.3) is 0 Å². The van der Waals surface area contributed by atoms with Crippen LogP contribution < -0.4 is 5.32 Å². The lowest BCUT2D eigenvalue weighted by Gasteiger charge is -2.19. The van der Waals surface area contributed by atoms with Crippen LogP contribution in [0.2, 0.25) is 0 Å². The van der Waals surface area contributed by atoms with Crippen LogP contribution in [0.1, 0.15) is 25.1 Å². The number of hydrogen-bond donors (Lipinski definition) is 1. The summed E-state index contributed by atoms with van der Waals surface area (Å²) in [4.78, 5) is 14.4. The summed E-state index contributed by atoms with van der Waals surface area (Å²) in [6.45, 7) is 13.7. The SMILES string of the molecule is C=C(C)CN(CC)CC(=O)Nc1cc(C)nn1-c1ccc(C)cc1. The Balaban J connectivity index is 2.13. The third-order valence-electron chi connectivity index (χ3n) is 3.69. The number of likely N-dealkylation sites (N-methyl/N-ethyl adjacent to an activating group) is 1. The Morgan fingerprint density at radius 2 is 1.92 bits per heavy atom. The smallest absolute Gasteiger partial charge is 0.239 e. The fourth-order valence-corrected chi connectivity index (χ4v) is 2.52. The number of nitrogens with one attached hydrogen (secondary N) is 1. The molecule has 5 nitrogen and oxygen atoms in total. The molecule has 0 aliphatic heterocycles. The minimum absolute atomic E-state index is 0.0497. The maximum absolute atomic E-state index is 12.4. The summed E-state index contributed by atoms with van der Waals surface area (Å²) < 4.78 is 1.77. The van der Waals surface area contributed by atoms with Crippen LogP contribution in [-0.4, -0.2) is 40.2 Å². The van der Waals surface area contributed by atoms with Gasteiger partial charge >= 0.3 is 0 Å². The molecule has 1 aromatic heterocycles.